The van der Waals surface area contributed by atoms with E-state index < -0.39 is 34.3 Å². The monoisotopic (exact) mass is 391 g/mol. The Morgan fingerprint density at radius 3 is 2.54 bits per heavy atom. The van der Waals surface area contributed by atoms with Gasteiger partial charge in [-0.2, -0.15) is 13.2 Å². The van der Waals surface area contributed by atoms with Gasteiger partial charge in [0, 0.05) is 22.5 Å². The zero-order chi connectivity index (χ0) is 20.4. The Hall–Kier alpha value is -2.44. The highest BCUT2D eigenvalue weighted by Gasteiger charge is 2.46. The molecule has 2 aliphatic rings. The van der Waals surface area contributed by atoms with E-state index in [1.807, 2.05) is 0 Å². The summed E-state index contributed by atoms with van der Waals surface area (Å²) in [6, 6.07) is 1.26. The molecule has 4 nitrogen and oxygen atoms in total. The molecule has 0 atom stereocenters. The lowest BCUT2D eigenvalue weighted by molar-refractivity contribution is -0.138. The number of carbonyl (C=O) groups excluding carboxylic acids is 2. The third kappa shape index (κ3) is 2.88. The van der Waals surface area contributed by atoms with Crippen molar-refractivity contribution in [2.75, 3.05) is 0 Å². The molecule has 0 saturated heterocycles. The second kappa shape index (κ2) is 6.03. The topological polar surface area (TPSA) is 60.2 Å². The number of aryl methyl sites for hydroxylation is 1. The molecular formula is C21H20F3NO3. The molecule has 4 rings (SSSR count). The lowest BCUT2D eigenvalue weighted by Gasteiger charge is -2.33. The Morgan fingerprint density at radius 1 is 1.25 bits per heavy atom. The van der Waals surface area contributed by atoms with Crippen molar-refractivity contribution in [3.63, 3.8) is 0 Å². The standard InChI is InChI=1S/C21H20F3NO3/c1-10-8-13(17(26)14-9-25-28-18(14)11-4-5-11)16(21(22,23)24)15-12(10)6-7-20(2,3)19(15)27/h8-9,11H,4-7H2,1-3H3. The van der Waals surface area contributed by atoms with Crippen LogP contribution < -0.4 is 0 Å². The molecule has 7 heteroatoms. The van der Waals surface area contributed by atoms with E-state index in [2.05, 4.69) is 5.16 Å². The van der Waals surface area contributed by atoms with Crippen LogP contribution in [0.3, 0.4) is 0 Å². The summed E-state index contributed by atoms with van der Waals surface area (Å²) >= 11 is 0. The van der Waals surface area contributed by atoms with Crippen LogP contribution in [-0.4, -0.2) is 16.7 Å². The van der Waals surface area contributed by atoms with Crippen LogP contribution in [-0.2, 0) is 12.6 Å². The Labute approximate surface area is 160 Å². The molecule has 28 heavy (non-hydrogen) atoms. The molecule has 0 spiro atoms. The minimum atomic E-state index is -4.83. The van der Waals surface area contributed by atoms with Crippen LogP contribution in [0.1, 0.15) is 87.8 Å². The molecule has 2 aromatic rings. The Balaban J connectivity index is 1.97. The van der Waals surface area contributed by atoms with Gasteiger partial charge in [-0.25, -0.2) is 0 Å². The van der Waals surface area contributed by atoms with E-state index in [0.717, 1.165) is 12.8 Å². The number of nitrogens with zero attached hydrogens (tertiary/aromatic N) is 1. The maximum absolute atomic E-state index is 14.1. The van der Waals surface area contributed by atoms with Gasteiger partial charge in [0.25, 0.3) is 0 Å². The highest BCUT2D eigenvalue weighted by molar-refractivity contribution is 6.14. The van der Waals surface area contributed by atoms with Gasteiger partial charge in [-0.15, -0.1) is 0 Å². The molecule has 0 radical (unpaired) electrons. The summed E-state index contributed by atoms with van der Waals surface area (Å²) in [5.41, 5.74) is -1.91. The van der Waals surface area contributed by atoms with E-state index in [-0.39, 0.29) is 17.0 Å². The van der Waals surface area contributed by atoms with Gasteiger partial charge < -0.3 is 4.52 Å². The van der Waals surface area contributed by atoms with Gasteiger partial charge in [0.15, 0.2) is 17.3 Å². The van der Waals surface area contributed by atoms with Gasteiger partial charge in [-0.3, -0.25) is 9.59 Å². The first kappa shape index (κ1) is 18.9. The van der Waals surface area contributed by atoms with Gasteiger partial charge in [-0.1, -0.05) is 19.0 Å². The third-order valence-corrected chi connectivity index (χ3v) is 5.82. The molecule has 2 aliphatic carbocycles. The molecule has 0 N–H and O–H groups in total. The molecule has 0 unspecified atom stereocenters. The number of halogens is 3. The number of fused-ring (bicyclic) bond motifs is 1. The molecular weight excluding hydrogens is 371 g/mol. The summed E-state index contributed by atoms with van der Waals surface area (Å²) in [6.45, 7) is 4.94. The van der Waals surface area contributed by atoms with Gasteiger partial charge in [0.2, 0.25) is 0 Å². The molecule has 1 aromatic carbocycles. The molecule has 1 heterocycles. The predicted octanol–water partition coefficient (Wildman–Crippen LogP) is 5.27. The highest BCUT2D eigenvalue weighted by Crippen LogP contribution is 2.46. The van der Waals surface area contributed by atoms with Crippen LogP contribution in [0.4, 0.5) is 13.2 Å². The van der Waals surface area contributed by atoms with Crippen LogP contribution >= 0.6 is 0 Å². The van der Waals surface area contributed by atoms with E-state index in [1.54, 1.807) is 20.8 Å². The number of carbonyl (C=O) groups is 2. The number of hydrogen-bond acceptors (Lipinski definition) is 4. The Morgan fingerprint density at radius 2 is 1.93 bits per heavy atom. The quantitative estimate of drug-likeness (QED) is 0.669. The number of aromatic nitrogens is 1. The summed E-state index contributed by atoms with van der Waals surface area (Å²) < 4.78 is 47.5. The summed E-state index contributed by atoms with van der Waals surface area (Å²) in [4.78, 5) is 26.1. The van der Waals surface area contributed by atoms with Crippen molar-refractivity contribution in [3.05, 3.63) is 51.4 Å². The summed E-state index contributed by atoms with van der Waals surface area (Å²) in [7, 11) is 0. The fourth-order valence-corrected chi connectivity index (χ4v) is 4.00. The summed E-state index contributed by atoms with van der Waals surface area (Å²) in [6.07, 6.45) is -1.17. The average molecular weight is 391 g/mol. The van der Waals surface area contributed by atoms with Crippen molar-refractivity contribution < 1.29 is 27.3 Å². The third-order valence-electron chi connectivity index (χ3n) is 5.82. The number of alkyl halides is 3. The van der Waals surface area contributed by atoms with Crippen LogP contribution in [0.15, 0.2) is 16.8 Å². The smallest absolute Gasteiger partial charge is 0.360 e. The Bertz CT molecular complexity index is 997. The van der Waals surface area contributed by atoms with Crippen molar-refractivity contribution in [3.8, 4) is 0 Å². The maximum Gasteiger partial charge on any atom is 0.417 e. The van der Waals surface area contributed by atoms with Crippen LogP contribution in [0.2, 0.25) is 0 Å². The number of benzene rings is 1. The zero-order valence-corrected chi connectivity index (χ0v) is 15.9. The van der Waals surface area contributed by atoms with Crippen molar-refractivity contribution in [1.29, 1.82) is 0 Å². The summed E-state index contributed by atoms with van der Waals surface area (Å²) in [5.74, 6) is -1.00. The van der Waals surface area contributed by atoms with Crippen molar-refractivity contribution in [2.24, 2.45) is 5.41 Å². The van der Waals surface area contributed by atoms with Crippen molar-refractivity contribution >= 4 is 11.6 Å². The molecule has 1 fully saturated rings. The second-order valence-electron chi connectivity index (χ2n) is 8.39. The SMILES string of the molecule is Cc1cc(C(=O)c2cnoc2C2CC2)c(C(F)(F)F)c2c1CCC(C)(C)C2=O. The lowest BCUT2D eigenvalue weighted by atomic mass is 9.70. The average Bonchev–Trinajstić information content (AvgIpc) is 3.33. The van der Waals surface area contributed by atoms with Gasteiger partial charge in [0.05, 0.1) is 17.3 Å². The van der Waals surface area contributed by atoms with Gasteiger partial charge >= 0.3 is 6.18 Å². The molecule has 1 aromatic heterocycles. The predicted molar refractivity (Wildman–Crippen MR) is 94.5 cm³/mol. The van der Waals surface area contributed by atoms with Crippen molar-refractivity contribution in [1.82, 2.24) is 5.16 Å². The number of Topliss-reactive ketones (excluding diaryl/α,β-unsaturated/α-hetero) is 1. The van der Waals surface area contributed by atoms with Crippen LogP contribution in [0, 0.1) is 12.3 Å². The first-order valence-corrected chi connectivity index (χ1v) is 9.30. The lowest BCUT2D eigenvalue weighted by Crippen LogP contribution is -2.34. The van der Waals surface area contributed by atoms with Gasteiger partial charge in [-0.05, 0) is 49.8 Å². The largest absolute Gasteiger partial charge is 0.417 e. The maximum atomic E-state index is 14.1. The van der Waals surface area contributed by atoms with E-state index in [0.29, 0.717) is 29.7 Å². The molecule has 0 amide bonds. The fourth-order valence-electron chi connectivity index (χ4n) is 4.00. The number of rotatable bonds is 3. The number of ketones is 2. The summed E-state index contributed by atoms with van der Waals surface area (Å²) in [5, 5.41) is 3.63. The molecule has 0 bridgehead atoms. The second-order valence-corrected chi connectivity index (χ2v) is 8.39. The van der Waals surface area contributed by atoms with Gasteiger partial charge in [0.1, 0.15) is 0 Å². The van der Waals surface area contributed by atoms with E-state index in [1.165, 1.54) is 12.3 Å². The molecule has 0 aliphatic heterocycles. The highest BCUT2D eigenvalue weighted by atomic mass is 19.4. The first-order valence-electron chi connectivity index (χ1n) is 9.30. The minimum absolute atomic E-state index is 0.0232. The van der Waals surface area contributed by atoms with Crippen LogP contribution in [0.25, 0.3) is 0 Å². The normalized spacial score (nSPS) is 18.9. The van der Waals surface area contributed by atoms with E-state index in [4.69, 9.17) is 4.52 Å². The first-order chi connectivity index (χ1) is 13.0. The Kier molecular flexibility index (Phi) is 4.07. The van der Waals surface area contributed by atoms with Crippen LogP contribution in [0.5, 0.6) is 0 Å². The number of hydrogen-bond donors (Lipinski definition) is 0. The fraction of sp³-hybridized carbons (Fsp3) is 0.476. The van der Waals surface area contributed by atoms with Crippen molar-refractivity contribution in [2.45, 2.75) is 58.5 Å². The zero-order valence-electron chi connectivity index (χ0n) is 15.9. The van der Waals surface area contributed by atoms with E-state index >= 15 is 0 Å². The molecule has 1 saturated carbocycles. The minimum Gasteiger partial charge on any atom is -0.360 e. The van der Waals surface area contributed by atoms with E-state index in [9.17, 15) is 22.8 Å². The molecule has 148 valence electrons.